The van der Waals surface area contributed by atoms with Crippen molar-refractivity contribution in [3.05, 3.63) is 59.2 Å². The molecule has 1 aliphatic heterocycles. The standard InChI is InChI=1S/C21H26N2O3/c1-14-5-6-16(11-20(14)24)21(25)23-12-18(19(13-23)22(2)3)15-7-9-17(26-4)10-8-15/h5-11,18-19,24H,12-13H2,1-4H3/t18-,19+/m0/s1. The van der Waals surface area contributed by atoms with Gasteiger partial charge in [-0.25, -0.2) is 0 Å². The normalized spacial score (nSPS) is 19.8. The van der Waals surface area contributed by atoms with Crippen LogP contribution in [0.3, 0.4) is 0 Å². The van der Waals surface area contributed by atoms with Gasteiger partial charge < -0.3 is 19.6 Å². The second-order valence-electron chi connectivity index (χ2n) is 7.12. The third kappa shape index (κ3) is 3.53. The molecule has 5 nitrogen and oxygen atoms in total. The van der Waals surface area contributed by atoms with Crippen LogP contribution in [0.25, 0.3) is 0 Å². The van der Waals surface area contributed by atoms with E-state index in [2.05, 4.69) is 17.0 Å². The largest absolute Gasteiger partial charge is 0.508 e. The highest BCUT2D eigenvalue weighted by Gasteiger charge is 2.37. The molecule has 138 valence electrons. The number of likely N-dealkylation sites (N-methyl/N-ethyl adjacent to an activating group) is 1. The molecule has 5 heteroatoms. The molecule has 1 saturated heterocycles. The van der Waals surface area contributed by atoms with Crippen molar-refractivity contribution < 1.29 is 14.6 Å². The van der Waals surface area contributed by atoms with Crippen molar-refractivity contribution in [3.8, 4) is 11.5 Å². The minimum Gasteiger partial charge on any atom is -0.508 e. The van der Waals surface area contributed by atoms with Gasteiger partial charge in [0.05, 0.1) is 7.11 Å². The summed E-state index contributed by atoms with van der Waals surface area (Å²) in [6, 6.07) is 13.4. The van der Waals surface area contributed by atoms with Crippen molar-refractivity contribution in [1.29, 1.82) is 0 Å². The smallest absolute Gasteiger partial charge is 0.254 e. The van der Waals surface area contributed by atoms with Crippen LogP contribution in [0.15, 0.2) is 42.5 Å². The van der Waals surface area contributed by atoms with Gasteiger partial charge >= 0.3 is 0 Å². The Hall–Kier alpha value is -2.53. The van der Waals surface area contributed by atoms with Crippen LogP contribution >= 0.6 is 0 Å². The molecule has 0 spiro atoms. The first kappa shape index (κ1) is 18.3. The maximum Gasteiger partial charge on any atom is 0.254 e. The lowest BCUT2D eigenvalue weighted by Crippen LogP contribution is -2.35. The number of likely N-dealkylation sites (tertiary alicyclic amines) is 1. The van der Waals surface area contributed by atoms with Gasteiger partial charge in [-0.15, -0.1) is 0 Å². The SMILES string of the molecule is COc1ccc([C@@H]2CN(C(=O)c3ccc(C)c(O)c3)C[C@H]2N(C)C)cc1. The van der Waals surface area contributed by atoms with Gasteiger partial charge in [-0.3, -0.25) is 4.79 Å². The van der Waals surface area contributed by atoms with E-state index < -0.39 is 0 Å². The van der Waals surface area contributed by atoms with Crippen molar-refractivity contribution in [1.82, 2.24) is 9.80 Å². The Morgan fingerprint density at radius 3 is 2.42 bits per heavy atom. The van der Waals surface area contributed by atoms with Gasteiger partial charge in [0.15, 0.2) is 0 Å². The molecule has 26 heavy (non-hydrogen) atoms. The number of rotatable bonds is 4. The molecule has 2 atom stereocenters. The molecular weight excluding hydrogens is 328 g/mol. The summed E-state index contributed by atoms with van der Waals surface area (Å²) in [5.41, 5.74) is 2.50. The molecule has 0 bridgehead atoms. The Morgan fingerprint density at radius 2 is 1.85 bits per heavy atom. The first-order valence-electron chi connectivity index (χ1n) is 8.80. The van der Waals surface area contributed by atoms with E-state index in [9.17, 15) is 9.90 Å². The number of hydrogen-bond acceptors (Lipinski definition) is 4. The third-order valence-electron chi connectivity index (χ3n) is 5.24. The van der Waals surface area contributed by atoms with Crippen LogP contribution in [0.2, 0.25) is 0 Å². The topological polar surface area (TPSA) is 53.0 Å². The van der Waals surface area contributed by atoms with Crippen LogP contribution in [0.5, 0.6) is 11.5 Å². The predicted octanol–water partition coefficient (Wildman–Crippen LogP) is 2.88. The quantitative estimate of drug-likeness (QED) is 0.917. The first-order chi connectivity index (χ1) is 12.4. The maximum atomic E-state index is 12.9. The molecule has 1 heterocycles. The fourth-order valence-corrected chi connectivity index (χ4v) is 3.58. The zero-order chi connectivity index (χ0) is 18.8. The molecular formula is C21H26N2O3. The Balaban J connectivity index is 1.83. The van der Waals surface area contributed by atoms with E-state index in [0.717, 1.165) is 11.3 Å². The first-order valence-corrected chi connectivity index (χ1v) is 8.80. The summed E-state index contributed by atoms with van der Waals surface area (Å²) < 4.78 is 5.25. The number of carbonyl (C=O) groups is 1. The van der Waals surface area contributed by atoms with E-state index >= 15 is 0 Å². The number of amides is 1. The van der Waals surface area contributed by atoms with Crippen molar-refractivity contribution in [2.45, 2.75) is 18.9 Å². The van der Waals surface area contributed by atoms with Gasteiger partial charge in [0, 0.05) is 30.6 Å². The predicted molar refractivity (Wildman–Crippen MR) is 102 cm³/mol. The van der Waals surface area contributed by atoms with E-state index in [1.165, 1.54) is 5.56 Å². The highest BCUT2D eigenvalue weighted by Crippen LogP contribution is 2.32. The Kier molecular flexibility index (Phi) is 5.18. The summed E-state index contributed by atoms with van der Waals surface area (Å²) in [7, 11) is 5.75. The van der Waals surface area contributed by atoms with E-state index in [-0.39, 0.29) is 23.6 Å². The lowest BCUT2D eigenvalue weighted by Gasteiger charge is -2.25. The molecule has 1 amide bonds. The van der Waals surface area contributed by atoms with Gasteiger partial charge in [0.25, 0.3) is 5.91 Å². The van der Waals surface area contributed by atoms with E-state index in [1.807, 2.05) is 38.1 Å². The van der Waals surface area contributed by atoms with E-state index in [0.29, 0.717) is 18.7 Å². The van der Waals surface area contributed by atoms with Gasteiger partial charge in [0.1, 0.15) is 11.5 Å². The second kappa shape index (κ2) is 7.38. The summed E-state index contributed by atoms with van der Waals surface area (Å²) in [6.07, 6.45) is 0. The van der Waals surface area contributed by atoms with Crippen molar-refractivity contribution in [3.63, 3.8) is 0 Å². The number of benzene rings is 2. The van der Waals surface area contributed by atoms with Crippen LogP contribution in [0.4, 0.5) is 0 Å². The Labute approximate surface area is 154 Å². The number of phenolic OH excluding ortho intramolecular Hbond substituents is 1. The van der Waals surface area contributed by atoms with Gasteiger partial charge in [0.2, 0.25) is 0 Å². The molecule has 0 aromatic heterocycles. The minimum absolute atomic E-state index is 0.0387. The van der Waals surface area contributed by atoms with Crippen LogP contribution in [-0.2, 0) is 0 Å². The van der Waals surface area contributed by atoms with Crippen LogP contribution < -0.4 is 4.74 Å². The molecule has 0 radical (unpaired) electrons. The molecule has 1 fully saturated rings. The number of nitrogens with zero attached hydrogens (tertiary/aromatic N) is 2. The van der Waals surface area contributed by atoms with Crippen molar-refractivity contribution >= 4 is 5.91 Å². The zero-order valence-electron chi connectivity index (χ0n) is 15.8. The van der Waals surface area contributed by atoms with Crippen LogP contribution in [0.1, 0.15) is 27.4 Å². The molecule has 1 N–H and O–H groups in total. The van der Waals surface area contributed by atoms with Crippen LogP contribution in [-0.4, -0.2) is 61.2 Å². The number of methoxy groups -OCH3 is 1. The molecule has 3 rings (SSSR count). The number of aryl methyl sites for hydroxylation is 1. The fourth-order valence-electron chi connectivity index (χ4n) is 3.58. The summed E-state index contributed by atoms with van der Waals surface area (Å²) in [5.74, 6) is 1.18. The summed E-state index contributed by atoms with van der Waals surface area (Å²) >= 11 is 0. The number of aromatic hydroxyl groups is 1. The minimum atomic E-state index is -0.0387. The van der Waals surface area contributed by atoms with Gasteiger partial charge in [-0.1, -0.05) is 18.2 Å². The van der Waals surface area contributed by atoms with Gasteiger partial charge in [-0.05, 0) is 56.4 Å². The molecule has 2 aromatic carbocycles. The second-order valence-corrected chi connectivity index (χ2v) is 7.12. The number of carbonyl (C=O) groups excluding carboxylic acids is 1. The van der Waals surface area contributed by atoms with Crippen molar-refractivity contribution in [2.24, 2.45) is 0 Å². The van der Waals surface area contributed by atoms with Crippen LogP contribution in [0, 0.1) is 6.92 Å². The summed E-state index contributed by atoms with van der Waals surface area (Å²) in [4.78, 5) is 17.0. The maximum absolute atomic E-state index is 12.9. The Morgan fingerprint density at radius 1 is 1.15 bits per heavy atom. The van der Waals surface area contributed by atoms with E-state index in [1.54, 1.807) is 25.3 Å². The highest BCUT2D eigenvalue weighted by molar-refractivity contribution is 5.95. The fraction of sp³-hybridized carbons (Fsp3) is 0.381. The molecule has 0 saturated carbocycles. The zero-order valence-corrected chi connectivity index (χ0v) is 15.8. The number of ether oxygens (including phenoxy) is 1. The number of phenols is 1. The average molecular weight is 354 g/mol. The average Bonchev–Trinajstić information content (AvgIpc) is 3.09. The summed E-state index contributed by atoms with van der Waals surface area (Å²) in [5, 5.41) is 9.92. The molecule has 2 aromatic rings. The summed E-state index contributed by atoms with van der Waals surface area (Å²) in [6.45, 7) is 3.14. The Bertz CT molecular complexity index is 786. The highest BCUT2D eigenvalue weighted by atomic mass is 16.5. The van der Waals surface area contributed by atoms with Gasteiger partial charge in [-0.2, -0.15) is 0 Å². The third-order valence-corrected chi connectivity index (χ3v) is 5.24. The molecule has 0 unspecified atom stereocenters. The molecule has 0 aliphatic carbocycles. The van der Waals surface area contributed by atoms with Crippen molar-refractivity contribution in [2.75, 3.05) is 34.3 Å². The van der Waals surface area contributed by atoms with E-state index in [4.69, 9.17) is 4.74 Å². The number of hydrogen-bond donors (Lipinski definition) is 1. The monoisotopic (exact) mass is 354 g/mol. The molecule has 1 aliphatic rings. The lowest BCUT2D eigenvalue weighted by molar-refractivity contribution is 0.0782. The lowest BCUT2D eigenvalue weighted by atomic mass is 9.93.